The van der Waals surface area contributed by atoms with Gasteiger partial charge in [-0.3, -0.25) is 9.59 Å². The number of carbonyl (C=O) groups is 3. The summed E-state index contributed by atoms with van der Waals surface area (Å²) < 4.78 is 5.26. The van der Waals surface area contributed by atoms with Gasteiger partial charge in [0.15, 0.2) is 11.9 Å². The number of carbonyl (C=O) groups excluding carboxylic acids is 3. The molecule has 0 saturated carbocycles. The fraction of sp³-hybridized carbons (Fsp3) is 0.316. The molecule has 1 heterocycles. The molecule has 5 nitrogen and oxygen atoms in total. The number of H-pyrrole nitrogens is 1. The van der Waals surface area contributed by atoms with Crippen molar-refractivity contribution >= 4 is 17.5 Å². The Morgan fingerprint density at radius 3 is 2.12 bits per heavy atom. The zero-order chi connectivity index (χ0) is 18.0. The molecule has 0 bridgehead atoms. The predicted molar refractivity (Wildman–Crippen MR) is 90.7 cm³/mol. The maximum absolute atomic E-state index is 12.6. The number of hydrogen-bond acceptors (Lipinski definition) is 4. The summed E-state index contributed by atoms with van der Waals surface area (Å²) >= 11 is 0. The standard InChI is InChI=1S/C19H21NO4/c1-10-6-8-15(9-7-10)19(23)24-14(5)18(22)17-11(2)16(13(4)21)12(3)20-17/h6-9,14,20H,1-5H3/t14-/m0/s1. The van der Waals surface area contributed by atoms with Gasteiger partial charge in [0.2, 0.25) is 5.78 Å². The topological polar surface area (TPSA) is 76.2 Å². The smallest absolute Gasteiger partial charge is 0.338 e. The number of nitrogens with one attached hydrogen (secondary N) is 1. The van der Waals surface area contributed by atoms with Crippen LogP contribution in [-0.2, 0) is 4.74 Å². The molecular weight excluding hydrogens is 306 g/mol. The van der Waals surface area contributed by atoms with E-state index in [0.717, 1.165) is 5.56 Å². The van der Waals surface area contributed by atoms with Gasteiger partial charge in [0.1, 0.15) is 0 Å². The summed E-state index contributed by atoms with van der Waals surface area (Å²) in [5.74, 6) is -1.02. The number of ketones is 2. The lowest BCUT2D eigenvalue weighted by atomic mass is 10.0. The molecule has 2 aromatic rings. The summed E-state index contributed by atoms with van der Waals surface area (Å²) in [6, 6.07) is 6.93. The van der Waals surface area contributed by atoms with Gasteiger partial charge in [-0.25, -0.2) is 4.79 Å². The van der Waals surface area contributed by atoms with E-state index in [0.29, 0.717) is 28.1 Å². The molecule has 5 heteroatoms. The summed E-state index contributed by atoms with van der Waals surface area (Å²) in [6.07, 6.45) is -0.949. The molecule has 0 aliphatic carbocycles. The first kappa shape index (κ1) is 17.7. The van der Waals surface area contributed by atoms with Crippen molar-refractivity contribution in [3.63, 3.8) is 0 Å². The van der Waals surface area contributed by atoms with E-state index in [1.807, 2.05) is 6.92 Å². The summed E-state index contributed by atoms with van der Waals surface area (Å²) in [7, 11) is 0. The molecule has 0 unspecified atom stereocenters. The zero-order valence-corrected chi connectivity index (χ0v) is 14.5. The average molecular weight is 327 g/mol. The third-order valence-electron chi connectivity index (χ3n) is 3.98. The zero-order valence-electron chi connectivity index (χ0n) is 14.5. The minimum absolute atomic E-state index is 0.107. The Bertz CT molecular complexity index is 800. The van der Waals surface area contributed by atoms with Gasteiger partial charge in [-0.1, -0.05) is 17.7 Å². The van der Waals surface area contributed by atoms with Crippen LogP contribution in [0.5, 0.6) is 0 Å². The molecule has 2 rings (SSSR count). The number of esters is 1. The van der Waals surface area contributed by atoms with Crippen LogP contribution in [0, 0.1) is 20.8 Å². The molecule has 0 spiro atoms. The van der Waals surface area contributed by atoms with E-state index in [4.69, 9.17) is 4.74 Å². The molecule has 0 fully saturated rings. The number of aromatic nitrogens is 1. The van der Waals surface area contributed by atoms with Gasteiger partial charge in [-0.2, -0.15) is 0 Å². The molecule has 0 amide bonds. The summed E-state index contributed by atoms with van der Waals surface area (Å²) in [6.45, 7) is 8.35. The van der Waals surface area contributed by atoms with Crippen LogP contribution in [0.1, 0.15) is 61.9 Å². The van der Waals surface area contributed by atoms with Crippen LogP contribution in [0.3, 0.4) is 0 Å². The molecule has 1 N–H and O–H groups in total. The average Bonchev–Trinajstić information content (AvgIpc) is 2.81. The fourth-order valence-electron chi connectivity index (χ4n) is 2.70. The quantitative estimate of drug-likeness (QED) is 0.673. The van der Waals surface area contributed by atoms with E-state index >= 15 is 0 Å². The predicted octanol–water partition coefficient (Wildman–Crippen LogP) is 3.57. The Kier molecular flexibility index (Phi) is 5.02. The van der Waals surface area contributed by atoms with E-state index < -0.39 is 12.1 Å². The lowest BCUT2D eigenvalue weighted by molar-refractivity contribution is 0.0317. The molecule has 0 aliphatic rings. The van der Waals surface area contributed by atoms with Crippen LogP contribution in [0.25, 0.3) is 0 Å². The molecule has 126 valence electrons. The van der Waals surface area contributed by atoms with Crippen molar-refractivity contribution in [2.45, 2.75) is 40.7 Å². The van der Waals surface area contributed by atoms with Crippen LogP contribution >= 0.6 is 0 Å². The van der Waals surface area contributed by atoms with E-state index in [9.17, 15) is 14.4 Å². The van der Waals surface area contributed by atoms with Crippen LogP contribution < -0.4 is 0 Å². The second-order valence-electron chi connectivity index (χ2n) is 5.96. The van der Waals surface area contributed by atoms with E-state index in [1.165, 1.54) is 13.8 Å². The maximum Gasteiger partial charge on any atom is 0.338 e. The minimum atomic E-state index is -0.949. The molecule has 1 atom stereocenters. The third kappa shape index (κ3) is 3.45. The van der Waals surface area contributed by atoms with Gasteiger partial charge in [-0.05, 0) is 52.3 Å². The molecule has 0 aliphatic heterocycles. The Morgan fingerprint density at radius 2 is 1.62 bits per heavy atom. The van der Waals surface area contributed by atoms with Crippen LogP contribution in [0.2, 0.25) is 0 Å². The number of Topliss-reactive ketones (excluding diaryl/α,β-unsaturated/α-hetero) is 2. The van der Waals surface area contributed by atoms with Crippen molar-refractivity contribution in [3.05, 3.63) is 57.9 Å². The molecule has 1 aromatic heterocycles. The van der Waals surface area contributed by atoms with E-state index in [-0.39, 0.29) is 11.6 Å². The Balaban J connectivity index is 2.18. The molecule has 1 aromatic carbocycles. The third-order valence-corrected chi connectivity index (χ3v) is 3.98. The molecular formula is C19H21NO4. The number of hydrogen-bond donors (Lipinski definition) is 1. The highest BCUT2D eigenvalue weighted by molar-refractivity contribution is 6.05. The molecule has 24 heavy (non-hydrogen) atoms. The number of rotatable bonds is 5. The van der Waals surface area contributed by atoms with Crippen LogP contribution in [-0.4, -0.2) is 28.6 Å². The summed E-state index contributed by atoms with van der Waals surface area (Å²) in [5.41, 5.74) is 3.47. The first-order chi connectivity index (χ1) is 11.2. The number of ether oxygens (including phenoxy) is 1. The minimum Gasteiger partial charge on any atom is -0.451 e. The second-order valence-corrected chi connectivity index (χ2v) is 5.96. The van der Waals surface area contributed by atoms with Crippen molar-refractivity contribution < 1.29 is 19.1 Å². The van der Waals surface area contributed by atoms with Crippen molar-refractivity contribution in [2.75, 3.05) is 0 Å². The van der Waals surface area contributed by atoms with Crippen LogP contribution in [0.15, 0.2) is 24.3 Å². The highest BCUT2D eigenvalue weighted by atomic mass is 16.5. The molecule has 0 saturated heterocycles. The lowest BCUT2D eigenvalue weighted by Crippen LogP contribution is -2.25. The SMILES string of the molecule is CC(=O)c1c(C)[nH]c(C(=O)[C@H](C)OC(=O)c2ccc(C)cc2)c1C. The van der Waals surface area contributed by atoms with Gasteiger partial charge in [0, 0.05) is 11.3 Å². The van der Waals surface area contributed by atoms with Gasteiger partial charge < -0.3 is 9.72 Å². The van der Waals surface area contributed by atoms with Crippen molar-refractivity contribution in [1.82, 2.24) is 4.98 Å². The normalized spacial score (nSPS) is 11.9. The van der Waals surface area contributed by atoms with Gasteiger partial charge in [0.05, 0.1) is 11.3 Å². The van der Waals surface area contributed by atoms with Gasteiger partial charge >= 0.3 is 5.97 Å². The lowest BCUT2D eigenvalue weighted by Gasteiger charge is -2.12. The number of benzene rings is 1. The fourth-order valence-corrected chi connectivity index (χ4v) is 2.70. The Hall–Kier alpha value is -2.69. The second kappa shape index (κ2) is 6.83. The monoisotopic (exact) mass is 327 g/mol. The van der Waals surface area contributed by atoms with Crippen molar-refractivity contribution in [3.8, 4) is 0 Å². The number of aryl methyl sites for hydroxylation is 2. The van der Waals surface area contributed by atoms with Crippen molar-refractivity contribution in [2.24, 2.45) is 0 Å². The number of aromatic amines is 1. The van der Waals surface area contributed by atoms with Gasteiger partial charge in [-0.15, -0.1) is 0 Å². The largest absolute Gasteiger partial charge is 0.451 e. The maximum atomic E-state index is 12.6. The Labute approximate surface area is 141 Å². The first-order valence-corrected chi connectivity index (χ1v) is 7.74. The van der Waals surface area contributed by atoms with E-state index in [1.54, 1.807) is 38.1 Å². The first-order valence-electron chi connectivity index (χ1n) is 7.74. The highest BCUT2D eigenvalue weighted by Gasteiger charge is 2.26. The van der Waals surface area contributed by atoms with Gasteiger partial charge in [0.25, 0.3) is 0 Å². The summed E-state index contributed by atoms with van der Waals surface area (Å²) in [4.78, 5) is 39.3. The van der Waals surface area contributed by atoms with E-state index in [2.05, 4.69) is 4.98 Å². The molecule has 0 radical (unpaired) electrons. The highest BCUT2D eigenvalue weighted by Crippen LogP contribution is 2.20. The summed E-state index contributed by atoms with van der Waals surface area (Å²) in [5, 5.41) is 0. The van der Waals surface area contributed by atoms with Crippen molar-refractivity contribution in [1.29, 1.82) is 0 Å². The van der Waals surface area contributed by atoms with Crippen LogP contribution in [0.4, 0.5) is 0 Å². The Morgan fingerprint density at radius 1 is 1.04 bits per heavy atom.